The molecule has 0 spiro atoms. The summed E-state index contributed by atoms with van der Waals surface area (Å²) < 4.78 is 41.3. The molecule has 2 aromatic carbocycles. The molecular weight excluding hydrogens is 506 g/mol. The molecule has 0 aliphatic rings. The summed E-state index contributed by atoms with van der Waals surface area (Å²) in [6.07, 6.45) is 0.271. The Bertz CT molecular complexity index is 1130. The highest BCUT2D eigenvalue weighted by atomic mass is 35.5. The lowest BCUT2D eigenvalue weighted by Gasteiger charge is -2.33. The van der Waals surface area contributed by atoms with Crippen LogP contribution in [0.2, 0.25) is 10.0 Å². The maximum Gasteiger partial charge on any atom is 0.304 e. The van der Waals surface area contributed by atoms with Crippen LogP contribution in [0.3, 0.4) is 0 Å². The van der Waals surface area contributed by atoms with E-state index < -0.39 is 40.4 Å². The number of halogens is 3. The first-order chi connectivity index (χ1) is 15.9. The number of nitrogens with zero attached hydrogens (tertiary/aromatic N) is 3. The molecule has 0 aliphatic carbocycles. The van der Waals surface area contributed by atoms with E-state index in [4.69, 9.17) is 23.2 Å². The average molecular weight is 533 g/mol. The van der Waals surface area contributed by atoms with Gasteiger partial charge in [0.05, 0.1) is 5.69 Å². The number of likely N-dealkylation sites (N-methyl/N-ethyl adjacent to an activating group) is 1. The average Bonchev–Trinajstić information content (AvgIpc) is 2.78. The van der Waals surface area contributed by atoms with Gasteiger partial charge < -0.3 is 10.2 Å². The van der Waals surface area contributed by atoms with Gasteiger partial charge in [0.15, 0.2) is 0 Å². The van der Waals surface area contributed by atoms with Crippen LogP contribution in [0.15, 0.2) is 42.5 Å². The van der Waals surface area contributed by atoms with Gasteiger partial charge in [-0.3, -0.25) is 9.59 Å². The van der Waals surface area contributed by atoms with Gasteiger partial charge in [-0.05, 0) is 48.4 Å². The van der Waals surface area contributed by atoms with Crippen molar-refractivity contribution < 1.29 is 22.4 Å². The third kappa shape index (κ3) is 6.59. The van der Waals surface area contributed by atoms with Crippen LogP contribution in [0.5, 0.6) is 0 Å². The summed E-state index contributed by atoms with van der Waals surface area (Å²) in [6.45, 7) is 1.06. The van der Waals surface area contributed by atoms with Gasteiger partial charge in [-0.15, -0.1) is 0 Å². The standard InChI is InChI=1S/C22H27Cl2FN4O4S/c1-5-20(22(31)26-2)28(13-15-6-7-16(23)12-19(15)24)21(30)14-29(34(32,33)27(3)4)18-10-8-17(25)9-11-18/h6-12,20H,5,13-14H2,1-4H3,(H,26,31). The molecule has 0 saturated heterocycles. The lowest BCUT2D eigenvalue weighted by molar-refractivity contribution is -0.140. The van der Waals surface area contributed by atoms with Crippen LogP contribution < -0.4 is 9.62 Å². The van der Waals surface area contributed by atoms with Gasteiger partial charge in [-0.2, -0.15) is 12.7 Å². The van der Waals surface area contributed by atoms with E-state index in [2.05, 4.69) is 5.32 Å². The number of amides is 2. The van der Waals surface area contributed by atoms with Crippen LogP contribution in [0, 0.1) is 5.82 Å². The number of carbonyl (C=O) groups excluding carboxylic acids is 2. The monoisotopic (exact) mass is 532 g/mol. The van der Waals surface area contributed by atoms with Crippen LogP contribution in [0.25, 0.3) is 0 Å². The minimum absolute atomic E-state index is 0.0555. The van der Waals surface area contributed by atoms with E-state index in [9.17, 15) is 22.4 Å². The quantitative estimate of drug-likeness (QED) is 0.508. The molecule has 0 fully saturated rings. The zero-order valence-corrected chi connectivity index (χ0v) is 21.6. The number of benzene rings is 2. The molecule has 34 heavy (non-hydrogen) atoms. The molecule has 0 bridgehead atoms. The summed E-state index contributed by atoms with van der Waals surface area (Å²) in [4.78, 5) is 27.4. The van der Waals surface area contributed by atoms with E-state index >= 15 is 0 Å². The topological polar surface area (TPSA) is 90.0 Å². The number of anilines is 1. The first kappa shape index (κ1) is 27.8. The number of hydrogen-bond donors (Lipinski definition) is 1. The Hall–Kier alpha value is -2.40. The van der Waals surface area contributed by atoms with E-state index in [-0.39, 0.29) is 18.7 Å². The molecule has 12 heteroatoms. The van der Waals surface area contributed by atoms with Crippen molar-refractivity contribution in [1.29, 1.82) is 0 Å². The second-order valence-corrected chi connectivity index (χ2v) is 10.5. The Kier molecular flexibility index (Phi) is 9.69. The Morgan fingerprint density at radius 1 is 1.09 bits per heavy atom. The molecule has 2 rings (SSSR count). The molecule has 0 radical (unpaired) electrons. The molecule has 0 saturated carbocycles. The van der Waals surface area contributed by atoms with E-state index in [1.54, 1.807) is 19.1 Å². The van der Waals surface area contributed by atoms with Crippen molar-refractivity contribution in [3.05, 3.63) is 63.9 Å². The Morgan fingerprint density at radius 3 is 2.21 bits per heavy atom. The summed E-state index contributed by atoms with van der Waals surface area (Å²) in [5, 5.41) is 3.24. The van der Waals surface area contributed by atoms with Crippen LogP contribution in [-0.2, 0) is 26.3 Å². The SMILES string of the molecule is CCC(C(=O)NC)N(Cc1ccc(Cl)cc1Cl)C(=O)CN(c1ccc(F)cc1)S(=O)(=O)N(C)C. The highest BCUT2D eigenvalue weighted by Crippen LogP contribution is 2.25. The maximum absolute atomic E-state index is 13.5. The Morgan fingerprint density at radius 2 is 1.71 bits per heavy atom. The van der Waals surface area contributed by atoms with Crippen molar-refractivity contribution in [2.24, 2.45) is 0 Å². The van der Waals surface area contributed by atoms with Crippen molar-refractivity contribution in [1.82, 2.24) is 14.5 Å². The van der Waals surface area contributed by atoms with Crippen LogP contribution >= 0.6 is 23.2 Å². The van der Waals surface area contributed by atoms with Gasteiger partial charge in [0.1, 0.15) is 18.4 Å². The molecule has 1 unspecified atom stereocenters. The molecule has 186 valence electrons. The van der Waals surface area contributed by atoms with Crippen LogP contribution in [0.1, 0.15) is 18.9 Å². The van der Waals surface area contributed by atoms with Gasteiger partial charge in [-0.1, -0.05) is 36.2 Å². The molecule has 0 heterocycles. The first-order valence-electron chi connectivity index (χ1n) is 10.3. The predicted molar refractivity (Wildman–Crippen MR) is 132 cm³/mol. The molecule has 1 N–H and O–H groups in total. The smallest absolute Gasteiger partial charge is 0.304 e. The lowest BCUT2D eigenvalue weighted by atomic mass is 10.1. The third-order valence-electron chi connectivity index (χ3n) is 5.12. The third-order valence-corrected chi connectivity index (χ3v) is 7.53. The van der Waals surface area contributed by atoms with Gasteiger partial charge in [0.2, 0.25) is 11.8 Å². The summed E-state index contributed by atoms with van der Waals surface area (Å²) >= 11 is 12.3. The summed E-state index contributed by atoms with van der Waals surface area (Å²) in [5.74, 6) is -1.61. The minimum atomic E-state index is -4.13. The fourth-order valence-electron chi connectivity index (χ4n) is 3.24. The number of rotatable bonds is 10. The number of hydrogen-bond acceptors (Lipinski definition) is 4. The molecule has 0 aliphatic heterocycles. The molecule has 0 aromatic heterocycles. The summed E-state index contributed by atoms with van der Waals surface area (Å²) in [7, 11) is -0.0362. The van der Waals surface area contributed by atoms with E-state index in [0.717, 1.165) is 20.7 Å². The largest absolute Gasteiger partial charge is 0.357 e. The zero-order valence-electron chi connectivity index (χ0n) is 19.3. The van der Waals surface area contributed by atoms with E-state index in [1.165, 1.54) is 44.2 Å². The molecular formula is C22H27Cl2FN4O4S. The van der Waals surface area contributed by atoms with Crippen molar-refractivity contribution >= 4 is 50.9 Å². The van der Waals surface area contributed by atoms with Gasteiger partial charge in [0.25, 0.3) is 0 Å². The lowest BCUT2D eigenvalue weighted by Crippen LogP contribution is -2.53. The van der Waals surface area contributed by atoms with Gasteiger partial charge in [-0.25, -0.2) is 8.70 Å². The Labute approximate surface area is 209 Å². The number of nitrogens with one attached hydrogen (secondary N) is 1. The van der Waals surface area contributed by atoms with Crippen molar-refractivity contribution in [3.8, 4) is 0 Å². The zero-order chi connectivity index (χ0) is 25.6. The molecule has 1 atom stereocenters. The van der Waals surface area contributed by atoms with Crippen molar-refractivity contribution in [2.75, 3.05) is 32.0 Å². The fraction of sp³-hybridized carbons (Fsp3) is 0.364. The Balaban J connectivity index is 2.51. The minimum Gasteiger partial charge on any atom is -0.357 e. The number of carbonyl (C=O) groups is 2. The highest BCUT2D eigenvalue weighted by Gasteiger charge is 2.33. The van der Waals surface area contributed by atoms with E-state index in [0.29, 0.717) is 15.6 Å². The van der Waals surface area contributed by atoms with Crippen LogP contribution in [0.4, 0.5) is 10.1 Å². The molecule has 8 nitrogen and oxygen atoms in total. The van der Waals surface area contributed by atoms with E-state index in [1.807, 2.05) is 0 Å². The molecule has 2 amide bonds. The van der Waals surface area contributed by atoms with Crippen LogP contribution in [-0.4, -0.2) is 63.2 Å². The normalized spacial score (nSPS) is 12.4. The first-order valence-corrected chi connectivity index (χ1v) is 12.5. The van der Waals surface area contributed by atoms with Crippen molar-refractivity contribution in [2.45, 2.75) is 25.9 Å². The summed E-state index contributed by atoms with van der Waals surface area (Å²) in [5.41, 5.74) is 0.631. The second-order valence-electron chi connectivity index (χ2n) is 7.57. The summed E-state index contributed by atoms with van der Waals surface area (Å²) in [6, 6.07) is 8.60. The second kappa shape index (κ2) is 11.8. The molecule has 2 aromatic rings. The van der Waals surface area contributed by atoms with Gasteiger partial charge >= 0.3 is 10.2 Å². The fourth-order valence-corrected chi connectivity index (χ4v) is 4.77. The van der Waals surface area contributed by atoms with Gasteiger partial charge in [0, 0.05) is 37.7 Å². The maximum atomic E-state index is 13.5. The van der Waals surface area contributed by atoms with Crippen molar-refractivity contribution in [3.63, 3.8) is 0 Å². The highest BCUT2D eigenvalue weighted by molar-refractivity contribution is 7.90. The predicted octanol–water partition coefficient (Wildman–Crippen LogP) is 3.30.